The van der Waals surface area contributed by atoms with Crippen molar-refractivity contribution < 1.29 is 4.84 Å². The van der Waals surface area contributed by atoms with Crippen LogP contribution in [-0.2, 0) is 4.84 Å². The monoisotopic (exact) mass is 141 g/mol. The number of hydrogen-bond donors (Lipinski definition) is 0. The topological polar surface area (TPSA) is 21.6 Å². The van der Waals surface area contributed by atoms with E-state index in [1.54, 1.807) is 0 Å². The molecule has 0 aliphatic carbocycles. The van der Waals surface area contributed by atoms with Crippen LogP contribution in [0.4, 0.5) is 0 Å². The van der Waals surface area contributed by atoms with Gasteiger partial charge in [-0.1, -0.05) is 12.1 Å². The maximum Gasteiger partial charge on any atom is 0.132 e. The fraction of sp³-hybridized carbons (Fsp3) is 0.875. The van der Waals surface area contributed by atoms with Crippen LogP contribution in [0.3, 0.4) is 0 Å². The molecule has 1 rings (SSSR count). The Morgan fingerprint density at radius 1 is 1.60 bits per heavy atom. The van der Waals surface area contributed by atoms with Gasteiger partial charge in [-0.15, -0.1) is 0 Å². The molecule has 0 saturated carbocycles. The van der Waals surface area contributed by atoms with Gasteiger partial charge in [0.05, 0.1) is 5.71 Å². The van der Waals surface area contributed by atoms with Crippen LogP contribution < -0.4 is 0 Å². The zero-order chi connectivity index (χ0) is 7.78. The molecule has 1 unspecified atom stereocenters. The third kappa shape index (κ3) is 1.49. The quantitative estimate of drug-likeness (QED) is 0.506. The Bertz CT molecular complexity index is 161. The van der Waals surface area contributed by atoms with Crippen molar-refractivity contribution in [1.82, 2.24) is 0 Å². The second-order valence-electron chi connectivity index (χ2n) is 3.69. The van der Waals surface area contributed by atoms with Gasteiger partial charge in [-0.3, -0.25) is 0 Å². The van der Waals surface area contributed by atoms with Crippen molar-refractivity contribution in [1.29, 1.82) is 0 Å². The molecule has 0 amide bonds. The van der Waals surface area contributed by atoms with Gasteiger partial charge in [0.1, 0.15) is 5.60 Å². The fourth-order valence-electron chi connectivity index (χ4n) is 1.21. The summed E-state index contributed by atoms with van der Waals surface area (Å²) in [6.07, 6.45) is 1.07. The fourth-order valence-corrected chi connectivity index (χ4v) is 1.21. The first-order valence-electron chi connectivity index (χ1n) is 3.74. The zero-order valence-corrected chi connectivity index (χ0v) is 7.14. The summed E-state index contributed by atoms with van der Waals surface area (Å²) in [5.41, 5.74) is 1.05. The van der Waals surface area contributed by atoms with Gasteiger partial charge in [0, 0.05) is 5.92 Å². The SMILES string of the molecule is CC1=NOC(C)(C)CC1C. The van der Waals surface area contributed by atoms with Gasteiger partial charge in [0.2, 0.25) is 0 Å². The zero-order valence-electron chi connectivity index (χ0n) is 7.14. The number of rotatable bonds is 0. The molecule has 1 aliphatic heterocycles. The van der Waals surface area contributed by atoms with Gasteiger partial charge < -0.3 is 4.84 Å². The Kier molecular flexibility index (Phi) is 1.71. The Morgan fingerprint density at radius 3 is 2.60 bits per heavy atom. The summed E-state index contributed by atoms with van der Waals surface area (Å²) in [6, 6.07) is 0. The van der Waals surface area contributed by atoms with Crippen molar-refractivity contribution in [3.63, 3.8) is 0 Å². The molecule has 0 aromatic carbocycles. The average molecular weight is 141 g/mol. The summed E-state index contributed by atoms with van der Waals surface area (Å²) >= 11 is 0. The molecule has 58 valence electrons. The summed E-state index contributed by atoms with van der Waals surface area (Å²) in [6.45, 7) is 8.34. The van der Waals surface area contributed by atoms with Crippen LogP contribution in [0.15, 0.2) is 5.16 Å². The van der Waals surface area contributed by atoms with Crippen molar-refractivity contribution in [2.45, 2.75) is 39.7 Å². The molecular weight excluding hydrogens is 126 g/mol. The van der Waals surface area contributed by atoms with Crippen LogP contribution in [0.1, 0.15) is 34.1 Å². The Hall–Kier alpha value is -0.530. The smallest absolute Gasteiger partial charge is 0.132 e. The molecular formula is C8H15NO. The standard InChI is InChI=1S/C8H15NO/c1-6-5-8(3,4)10-9-7(6)2/h6H,5H2,1-4H3. The molecule has 0 N–H and O–H groups in total. The minimum absolute atomic E-state index is 0.0566. The average Bonchev–Trinajstić information content (AvgIpc) is 1.79. The minimum Gasteiger partial charge on any atom is -0.390 e. The second kappa shape index (κ2) is 2.26. The Morgan fingerprint density at radius 2 is 2.20 bits per heavy atom. The third-order valence-electron chi connectivity index (χ3n) is 1.95. The van der Waals surface area contributed by atoms with Gasteiger partial charge >= 0.3 is 0 Å². The molecule has 0 spiro atoms. The van der Waals surface area contributed by atoms with E-state index in [-0.39, 0.29) is 5.60 Å². The summed E-state index contributed by atoms with van der Waals surface area (Å²) < 4.78 is 0. The van der Waals surface area contributed by atoms with Crippen LogP contribution in [0.5, 0.6) is 0 Å². The number of nitrogens with zero attached hydrogens (tertiary/aromatic N) is 1. The first-order valence-corrected chi connectivity index (χ1v) is 3.74. The molecule has 0 aromatic heterocycles. The van der Waals surface area contributed by atoms with Gasteiger partial charge in [-0.2, -0.15) is 0 Å². The second-order valence-corrected chi connectivity index (χ2v) is 3.69. The highest BCUT2D eigenvalue weighted by molar-refractivity contribution is 5.83. The lowest BCUT2D eigenvalue weighted by atomic mass is 9.91. The van der Waals surface area contributed by atoms with Crippen LogP contribution in [0, 0.1) is 5.92 Å². The Labute approximate surface area is 62.3 Å². The van der Waals surface area contributed by atoms with Crippen LogP contribution in [-0.4, -0.2) is 11.3 Å². The molecule has 1 atom stereocenters. The molecule has 0 radical (unpaired) electrons. The van der Waals surface area contributed by atoms with Crippen molar-refractivity contribution in [2.75, 3.05) is 0 Å². The molecule has 2 heteroatoms. The summed E-state index contributed by atoms with van der Waals surface area (Å²) in [4.78, 5) is 5.24. The van der Waals surface area contributed by atoms with Gasteiger partial charge in [-0.05, 0) is 27.2 Å². The number of oxime groups is 1. The molecule has 10 heavy (non-hydrogen) atoms. The highest BCUT2D eigenvalue weighted by Gasteiger charge is 2.28. The van der Waals surface area contributed by atoms with E-state index < -0.39 is 0 Å². The van der Waals surface area contributed by atoms with E-state index >= 15 is 0 Å². The minimum atomic E-state index is -0.0566. The molecule has 0 bridgehead atoms. The van der Waals surface area contributed by atoms with Crippen LogP contribution in [0.25, 0.3) is 0 Å². The highest BCUT2D eigenvalue weighted by Crippen LogP contribution is 2.26. The lowest BCUT2D eigenvalue weighted by Gasteiger charge is -2.30. The van der Waals surface area contributed by atoms with E-state index in [9.17, 15) is 0 Å². The lowest BCUT2D eigenvalue weighted by Crippen LogP contribution is -2.32. The normalized spacial score (nSPS) is 30.8. The van der Waals surface area contributed by atoms with Crippen molar-refractivity contribution in [3.05, 3.63) is 0 Å². The van der Waals surface area contributed by atoms with E-state index in [2.05, 4.69) is 25.9 Å². The van der Waals surface area contributed by atoms with E-state index in [4.69, 9.17) is 4.84 Å². The molecule has 1 heterocycles. The van der Waals surface area contributed by atoms with Gasteiger partial charge in [0.15, 0.2) is 0 Å². The van der Waals surface area contributed by atoms with Gasteiger partial charge in [-0.25, -0.2) is 0 Å². The van der Waals surface area contributed by atoms with Gasteiger partial charge in [0.25, 0.3) is 0 Å². The van der Waals surface area contributed by atoms with Crippen LogP contribution in [0.2, 0.25) is 0 Å². The Balaban J connectivity index is 2.69. The molecule has 0 fully saturated rings. The maximum atomic E-state index is 5.24. The molecule has 0 aromatic rings. The lowest BCUT2D eigenvalue weighted by molar-refractivity contribution is -0.0379. The van der Waals surface area contributed by atoms with Crippen molar-refractivity contribution in [3.8, 4) is 0 Å². The maximum absolute atomic E-state index is 5.24. The predicted molar refractivity (Wildman–Crippen MR) is 42.1 cm³/mol. The summed E-state index contributed by atoms with van der Waals surface area (Å²) in [7, 11) is 0. The van der Waals surface area contributed by atoms with Crippen molar-refractivity contribution in [2.24, 2.45) is 11.1 Å². The summed E-state index contributed by atoms with van der Waals surface area (Å²) in [5, 5.41) is 3.98. The number of hydrogen-bond acceptors (Lipinski definition) is 2. The van der Waals surface area contributed by atoms with E-state index in [0.29, 0.717) is 5.92 Å². The molecule has 1 aliphatic rings. The van der Waals surface area contributed by atoms with Crippen LogP contribution >= 0.6 is 0 Å². The van der Waals surface area contributed by atoms with Crippen molar-refractivity contribution >= 4 is 5.71 Å². The molecule has 0 saturated heterocycles. The first-order chi connectivity index (χ1) is 4.51. The van der Waals surface area contributed by atoms with E-state index in [0.717, 1.165) is 12.1 Å². The summed E-state index contributed by atoms with van der Waals surface area (Å²) in [5.74, 6) is 0.573. The van der Waals surface area contributed by atoms with E-state index in [1.807, 2.05) is 6.92 Å². The van der Waals surface area contributed by atoms with E-state index in [1.165, 1.54) is 0 Å². The first kappa shape index (κ1) is 7.58. The third-order valence-corrected chi connectivity index (χ3v) is 1.95. The largest absolute Gasteiger partial charge is 0.390 e. The highest BCUT2D eigenvalue weighted by atomic mass is 16.6. The molecule has 2 nitrogen and oxygen atoms in total. The predicted octanol–water partition coefficient (Wildman–Crippen LogP) is 2.20.